The lowest BCUT2D eigenvalue weighted by molar-refractivity contribution is -0.151. The van der Waals surface area contributed by atoms with Crippen molar-refractivity contribution < 1.29 is 33.3 Å². The molecule has 0 saturated heterocycles. The number of ketones is 1. The van der Waals surface area contributed by atoms with Gasteiger partial charge >= 0.3 is 11.9 Å². The molecular weight excluding hydrogens is 506 g/mol. The van der Waals surface area contributed by atoms with Crippen molar-refractivity contribution in [2.75, 3.05) is 27.4 Å². The van der Waals surface area contributed by atoms with E-state index in [9.17, 15) is 14.4 Å². The summed E-state index contributed by atoms with van der Waals surface area (Å²) >= 11 is 3.53. The van der Waals surface area contributed by atoms with Crippen LogP contribution in [0.4, 0.5) is 0 Å². The van der Waals surface area contributed by atoms with Gasteiger partial charge in [0.05, 0.1) is 37.5 Å². The zero-order valence-corrected chi connectivity index (χ0v) is 21.8. The Morgan fingerprint density at radius 3 is 2.47 bits per heavy atom. The zero-order valence-electron chi connectivity index (χ0n) is 20.2. The lowest BCUT2D eigenvalue weighted by Gasteiger charge is -2.38. The van der Waals surface area contributed by atoms with Crippen molar-refractivity contribution in [2.45, 2.75) is 40.0 Å². The number of dihydropyridines is 1. The smallest absolute Gasteiger partial charge is 0.336 e. The molecule has 0 bridgehead atoms. The van der Waals surface area contributed by atoms with Crippen LogP contribution >= 0.6 is 15.9 Å². The molecule has 3 rings (SSSR count). The topological polar surface area (TPSA) is 100 Å². The van der Waals surface area contributed by atoms with Crippen LogP contribution in [0.15, 0.2) is 39.1 Å². The first-order valence-electron chi connectivity index (χ1n) is 11.2. The Kier molecular flexibility index (Phi) is 8.07. The Morgan fingerprint density at radius 1 is 1.18 bits per heavy atom. The predicted octanol–water partition coefficient (Wildman–Crippen LogP) is 4.03. The Hall–Kier alpha value is -2.81. The van der Waals surface area contributed by atoms with Crippen molar-refractivity contribution in [2.24, 2.45) is 11.8 Å². The van der Waals surface area contributed by atoms with Crippen molar-refractivity contribution in [3.8, 4) is 11.5 Å². The molecule has 1 aromatic rings. The molecule has 1 aromatic carbocycles. The minimum atomic E-state index is -0.956. The Morgan fingerprint density at radius 2 is 1.88 bits per heavy atom. The number of esters is 2. The first-order valence-corrected chi connectivity index (χ1v) is 12.0. The summed E-state index contributed by atoms with van der Waals surface area (Å²) < 4.78 is 22.2. The van der Waals surface area contributed by atoms with Crippen LogP contribution in [0.3, 0.4) is 0 Å². The van der Waals surface area contributed by atoms with Crippen LogP contribution in [0.2, 0.25) is 0 Å². The van der Waals surface area contributed by atoms with Gasteiger partial charge in [-0.2, -0.15) is 0 Å². The number of hydrogen-bond acceptors (Lipinski definition) is 8. The van der Waals surface area contributed by atoms with Gasteiger partial charge < -0.3 is 24.3 Å². The summed E-state index contributed by atoms with van der Waals surface area (Å²) in [7, 11) is 2.81. The van der Waals surface area contributed by atoms with E-state index in [4.69, 9.17) is 18.9 Å². The van der Waals surface area contributed by atoms with Gasteiger partial charge in [0, 0.05) is 22.9 Å². The number of carbonyl (C=O) groups is 3. The monoisotopic (exact) mass is 535 g/mol. The van der Waals surface area contributed by atoms with Crippen LogP contribution in [-0.2, 0) is 23.9 Å². The van der Waals surface area contributed by atoms with Gasteiger partial charge in [-0.05, 0) is 66.7 Å². The van der Waals surface area contributed by atoms with Crippen LogP contribution in [0.1, 0.15) is 45.6 Å². The second-order valence-electron chi connectivity index (χ2n) is 8.22. The van der Waals surface area contributed by atoms with E-state index in [1.54, 1.807) is 26.0 Å². The van der Waals surface area contributed by atoms with Crippen molar-refractivity contribution in [1.82, 2.24) is 5.32 Å². The number of hydrogen-bond donors (Lipinski definition) is 1. The van der Waals surface area contributed by atoms with Gasteiger partial charge in [-0.25, -0.2) is 4.79 Å². The second kappa shape index (κ2) is 10.6. The summed E-state index contributed by atoms with van der Waals surface area (Å²) in [6, 6.07) is 3.56. The van der Waals surface area contributed by atoms with E-state index in [1.165, 1.54) is 14.2 Å². The molecule has 0 unspecified atom stereocenters. The number of nitrogens with one attached hydrogen (secondary N) is 1. The van der Waals surface area contributed by atoms with E-state index >= 15 is 0 Å². The fourth-order valence-electron chi connectivity index (χ4n) is 4.71. The average molecular weight is 536 g/mol. The molecule has 0 amide bonds. The second-order valence-corrected chi connectivity index (χ2v) is 9.08. The third-order valence-electron chi connectivity index (χ3n) is 6.11. The average Bonchev–Trinajstić information content (AvgIpc) is 2.78. The van der Waals surface area contributed by atoms with Crippen LogP contribution in [-0.4, -0.2) is 45.2 Å². The maximum absolute atomic E-state index is 13.8. The van der Waals surface area contributed by atoms with E-state index in [1.807, 2.05) is 13.8 Å². The quantitative estimate of drug-likeness (QED) is 0.412. The molecule has 34 heavy (non-hydrogen) atoms. The van der Waals surface area contributed by atoms with E-state index in [2.05, 4.69) is 21.2 Å². The summed E-state index contributed by atoms with van der Waals surface area (Å²) in [4.78, 5) is 39.4. The number of benzene rings is 1. The molecule has 9 heteroatoms. The molecule has 2 aliphatic rings. The molecule has 0 aromatic heterocycles. The molecule has 0 spiro atoms. The largest absolute Gasteiger partial charge is 0.492 e. The third-order valence-corrected chi connectivity index (χ3v) is 6.70. The van der Waals surface area contributed by atoms with Crippen LogP contribution in [0.25, 0.3) is 0 Å². The highest BCUT2D eigenvalue weighted by atomic mass is 79.9. The number of halogens is 1. The number of methoxy groups -OCH3 is 2. The minimum absolute atomic E-state index is 0.181. The van der Waals surface area contributed by atoms with Crippen molar-refractivity contribution >= 4 is 33.7 Å². The number of carbonyl (C=O) groups excluding carboxylic acids is 3. The van der Waals surface area contributed by atoms with E-state index in [0.717, 1.165) is 0 Å². The molecule has 0 radical (unpaired) electrons. The zero-order chi connectivity index (χ0) is 25.2. The highest BCUT2D eigenvalue weighted by molar-refractivity contribution is 9.10. The Bertz CT molecular complexity index is 1080. The van der Waals surface area contributed by atoms with Crippen molar-refractivity contribution in [3.63, 3.8) is 0 Å². The summed E-state index contributed by atoms with van der Waals surface area (Å²) in [5.41, 5.74) is 2.61. The SMILES string of the molecule is CCOC(=O)C1=C(C)NC2=C(C(=O)[C@@H](C(=O)OC)[C@@H](C)C2)[C@@H]1c1cc(Br)c(OC)c(OCC)c1. The normalized spacial score (nSPS) is 22.1. The van der Waals surface area contributed by atoms with Gasteiger partial charge in [-0.3, -0.25) is 9.59 Å². The predicted molar refractivity (Wildman–Crippen MR) is 128 cm³/mol. The third kappa shape index (κ3) is 4.58. The molecule has 1 heterocycles. The molecule has 8 nitrogen and oxygen atoms in total. The van der Waals surface area contributed by atoms with E-state index in [0.29, 0.717) is 57.1 Å². The lowest BCUT2D eigenvalue weighted by atomic mass is 9.69. The fraction of sp³-hybridized carbons (Fsp3) is 0.480. The first-order chi connectivity index (χ1) is 16.2. The van der Waals surface area contributed by atoms with Crippen LogP contribution < -0.4 is 14.8 Å². The Labute approximate surface area is 207 Å². The Balaban J connectivity index is 2.27. The highest BCUT2D eigenvalue weighted by Crippen LogP contribution is 2.48. The van der Waals surface area contributed by atoms with Crippen LogP contribution in [0, 0.1) is 11.8 Å². The van der Waals surface area contributed by atoms with Gasteiger partial charge in [-0.1, -0.05) is 6.92 Å². The molecule has 1 aliphatic carbocycles. The molecule has 1 N–H and O–H groups in total. The molecule has 1 aliphatic heterocycles. The molecule has 3 atom stereocenters. The van der Waals surface area contributed by atoms with Gasteiger partial charge in [0.15, 0.2) is 17.3 Å². The fourth-order valence-corrected chi connectivity index (χ4v) is 5.33. The van der Waals surface area contributed by atoms with Crippen molar-refractivity contribution in [3.05, 3.63) is 44.7 Å². The van der Waals surface area contributed by atoms with Gasteiger partial charge in [0.25, 0.3) is 0 Å². The van der Waals surface area contributed by atoms with Crippen molar-refractivity contribution in [1.29, 1.82) is 0 Å². The molecule has 0 fully saturated rings. The summed E-state index contributed by atoms with van der Waals surface area (Å²) in [5.74, 6) is -2.48. The summed E-state index contributed by atoms with van der Waals surface area (Å²) in [6.45, 7) is 7.78. The van der Waals surface area contributed by atoms with Gasteiger partial charge in [0.1, 0.15) is 5.92 Å². The van der Waals surface area contributed by atoms with E-state index < -0.39 is 23.8 Å². The number of Topliss-reactive ketones (excluding diaryl/α,β-unsaturated/α-hetero) is 1. The van der Waals surface area contributed by atoms with E-state index in [-0.39, 0.29) is 18.3 Å². The minimum Gasteiger partial charge on any atom is -0.492 e. The number of allylic oxidation sites excluding steroid dienone is 3. The lowest BCUT2D eigenvalue weighted by Crippen LogP contribution is -2.43. The first kappa shape index (κ1) is 25.8. The number of ether oxygens (including phenoxy) is 4. The molecule has 184 valence electrons. The summed E-state index contributed by atoms with van der Waals surface area (Å²) in [5, 5.41) is 3.24. The summed E-state index contributed by atoms with van der Waals surface area (Å²) in [6.07, 6.45) is 0.459. The molecule has 0 saturated carbocycles. The highest BCUT2D eigenvalue weighted by Gasteiger charge is 2.47. The van der Waals surface area contributed by atoms with Gasteiger partial charge in [0.2, 0.25) is 0 Å². The van der Waals surface area contributed by atoms with Crippen LogP contribution in [0.5, 0.6) is 11.5 Å². The standard InChI is InChI=1S/C25H30BrNO7/c1-7-33-17-11-14(10-15(26)23(17)31-5)20-19(25(30)34-8-2)13(4)27-16-9-12(3)18(24(29)32-6)22(28)21(16)20/h10-12,18,20,27H,7-9H2,1-6H3/t12-,18-,20+/m0/s1. The maximum atomic E-state index is 13.8. The molecular formula is C25H30BrNO7. The number of rotatable bonds is 7. The maximum Gasteiger partial charge on any atom is 0.336 e. The van der Waals surface area contributed by atoms with Gasteiger partial charge in [-0.15, -0.1) is 0 Å².